The average Bonchev–Trinajstić information content (AvgIpc) is 2.37. The van der Waals surface area contributed by atoms with Gasteiger partial charge in [-0.1, -0.05) is 17.7 Å². The first-order valence-electron chi connectivity index (χ1n) is 6.77. The van der Waals surface area contributed by atoms with Crippen molar-refractivity contribution in [1.82, 2.24) is 10.2 Å². The molecule has 2 fully saturated rings. The Balaban J connectivity index is 1.61. The molecule has 104 valence electrons. The minimum Gasteiger partial charge on any atom is -0.487 e. The van der Waals surface area contributed by atoms with Gasteiger partial charge in [0.15, 0.2) is 0 Å². The largest absolute Gasteiger partial charge is 0.487 e. The fourth-order valence-corrected chi connectivity index (χ4v) is 3.14. The molecule has 0 radical (unpaired) electrons. The molecule has 2 aliphatic rings. The molecule has 0 spiro atoms. The Morgan fingerprint density at radius 1 is 1.32 bits per heavy atom. The number of thioether (sulfide) groups is 1. The minimum atomic E-state index is 0.349. The molecule has 0 saturated carbocycles. The zero-order valence-corrected chi connectivity index (χ0v) is 12.5. The molecule has 19 heavy (non-hydrogen) atoms. The van der Waals surface area contributed by atoms with E-state index in [-0.39, 0.29) is 0 Å². The number of ether oxygens (including phenoxy) is 1. The van der Waals surface area contributed by atoms with E-state index in [4.69, 9.17) is 16.3 Å². The summed E-state index contributed by atoms with van der Waals surface area (Å²) in [6, 6.07) is 6.20. The number of nitrogens with zero attached hydrogens (tertiary/aromatic N) is 1. The molecule has 5 heteroatoms. The lowest BCUT2D eigenvalue weighted by molar-refractivity contribution is 0.232. The molecular formula is C14H19ClN2OS. The van der Waals surface area contributed by atoms with Crippen LogP contribution in [0.4, 0.5) is 0 Å². The predicted molar refractivity (Wildman–Crippen MR) is 81.3 cm³/mol. The van der Waals surface area contributed by atoms with Crippen LogP contribution in [0.3, 0.4) is 0 Å². The van der Waals surface area contributed by atoms with E-state index in [1.165, 1.54) is 5.56 Å². The highest BCUT2D eigenvalue weighted by Gasteiger charge is 2.21. The first-order chi connectivity index (χ1) is 9.31. The van der Waals surface area contributed by atoms with Crippen LogP contribution in [0.2, 0.25) is 5.02 Å². The second kappa shape index (κ2) is 6.35. The maximum Gasteiger partial charge on any atom is 0.138 e. The molecule has 2 heterocycles. The highest BCUT2D eigenvalue weighted by Crippen LogP contribution is 2.30. The highest BCUT2D eigenvalue weighted by molar-refractivity contribution is 8.00. The lowest BCUT2D eigenvalue weighted by Crippen LogP contribution is -2.42. The molecule has 0 aromatic heterocycles. The summed E-state index contributed by atoms with van der Waals surface area (Å²) >= 11 is 8.23. The molecule has 0 aliphatic carbocycles. The van der Waals surface area contributed by atoms with Gasteiger partial charge in [-0.25, -0.2) is 0 Å². The molecule has 0 unspecified atom stereocenters. The minimum absolute atomic E-state index is 0.349. The van der Waals surface area contributed by atoms with Crippen LogP contribution >= 0.6 is 23.4 Å². The van der Waals surface area contributed by atoms with Crippen LogP contribution in [0.1, 0.15) is 5.56 Å². The van der Waals surface area contributed by atoms with Gasteiger partial charge in [-0.15, -0.1) is 0 Å². The van der Waals surface area contributed by atoms with E-state index in [2.05, 4.69) is 16.3 Å². The zero-order valence-electron chi connectivity index (χ0n) is 10.9. The molecule has 1 aromatic carbocycles. The van der Waals surface area contributed by atoms with Crippen LogP contribution in [0.15, 0.2) is 18.2 Å². The Morgan fingerprint density at radius 3 is 2.74 bits per heavy atom. The monoisotopic (exact) mass is 298 g/mol. The van der Waals surface area contributed by atoms with E-state index in [0.29, 0.717) is 6.10 Å². The van der Waals surface area contributed by atoms with E-state index in [1.54, 1.807) is 0 Å². The van der Waals surface area contributed by atoms with Gasteiger partial charge < -0.3 is 10.1 Å². The van der Waals surface area contributed by atoms with Crippen LogP contribution in [0.25, 0.3) is 0 Å². The topological polar surface area (TPSA) is 24.5 Å². The third-order valence-corrected chi connectivity index (χ3v) is 5.02. The third-order valence-electron chi connectivity index (χ3n) is 3.51. The number of hydrogen-bond acceptors (Lipinski definition) is 4. The molecule has 0 atom stereocenters. The van der Waals surface area contributed by atoms with Crippen LogP contribution in [-0.4, -0.2) is 48.7 Å². The maximum absolute atomic E-state index is 6.31. The lowest BCUT2D eigenvalue weighted by Gasteiger charge is -2.28. The van der Waals surface area contributed by atoms with E-state index in [1.807, 2.05) is 23.9 Å². The number of benzene rings is 1. The summed E-state index contributed by atoms with van der Waals surface area (Å²) in [6.45, 7) is 5.34. The number of nitrogens with one attached hydrogen (secondary N) is 1. The molecular weight excluding hydrogens is 280 g/mol. The molecule has 2 aliphatic heterocycles. The fraction of sp³-hybridized carbons (Fsp3) is 0.571. The lowest BCUT2D eigenvalue weighted by atomic mass is 10.2. The van der Waals surface area contributed by atoms with Gasteiger partial charge in [-0.2, -0.15) is 11.8 Å². The summed E-state index contributed by atoms with van der Waals surface area (Å²) in [5, 5.41) is 4.11. The van der Waals surface area contributed by atoms with Gasteiger partial charge in [0.1, 0.15) is 11.9 Å². The van der Waals surface area contributed by atoms with Gasteiger partial charge in [0.05, 0.1) is 5.02 Å². The van der Waals surface area contributed by atoms with Gasteiger partial charge in [-0.05, 0) is 17.7 Å². The van der Waals surface area contributed by atoms with Crippen LogP contribution in [-0.2, 0) is 6.54 Å². The van der Waals surface area contributed by atoms with Crippen molar-refractivity contribution in [1.29, 1.82) is 0 Å². The Morgan fingerprint density at radius 2 is 2.11 bits per heavy atom. The van der Waals surface area contributed by atoms with Crippen molar-refractivity contribution >= 4 is 23.4 Å². The molecule has 0 amide bonds. The Hall–Kier alpha value is -0.420. The molecule has 1 aromatic rings. The summed E-state index contributed by atoms with van der Waals surface area (Å²) in [5.74, 6) is 2.99. The van der Waals surface area contributed by atoms with Crippen molar-refractivity contribution in [3.63, 3.8) is 0 Å². The van der Waals surface area contributed by atoms with Crippen molar-refractivity contribution < 1.29 is 4.74 Å². The normalized spacial score (nSPS) is 21.1. The number of rotatable bonds is 4. The Kier molecular flexibility index (Phi) is 4.53. The predicted octanol–water partition coefficient (Wildman–Crippen LogP) is 2.24. The highest BCUT2D eigenvalue weighted by atomic mass is 35.5. The van der Waals surface area contributed by atoms with E-state index < -0.39 is 0 Å². The third kappa shape index (κ3) is 3.57. The van der Waals surface area contributed by atoms with E-state index in [9.17, 15) is 0 Å². The van der Waals surface area contributed by atoms with Crippen molar-refractivity contribution in [3.8, 4) is 5.75 Å². The second-order valence-electron chi connectivity index (χ2n) is 5.07. The number of hydrogen-bond donors (Lipinski definition) is 1. The van der Waals surface area contributed by atoms with Gasteiger partial charge in [0.2, 0.25) is 0 Å². The Labute approximate surface area is 123 Å². The summed E-state index contributed by atoms with van der Waals surface area (Å²) < 4.78 is 5.85. The summed E-state index contributed by atoms with van der Waals surface area (Å²) in [5.41, 5.74) is 1.27. The number of piperazine rings is 1. The smallest absolute Gasteiger partial charge is 0.138 e. The average molecular weight is 299 g/mol. The first-order valence-corrected chi connectivity index (χ1v) is 8.30. The molecule has 1 N–H and O–H groups in total. The van der Waals surface area contributed by atoms with Gasteiger partial charge >= 0.3 is 0 Å². The van der Waals surface area contributed by atoms with Gasteiger partial charge in [-0.3, -0.25) is 4.90 Å². The van der Waals surface area contributed by atoms with E-state index >= 15 is 0 Å². The molecule has 3 rings (SSSR count). The zero-order chi connectivity index (χ0) is 13.1. The van der Waals surface area contributed by atoms with Crippen molar-refractivity contribution in [3.05, 3.63) is 28.8 Å². The molecule has 0 bridgehead atoms. The summed E-state index contributed by atoms with van der Waals surface area (Å²) in [4.78, 5) is 2.45. The SMILES string of the molecule is Clc1cc(CN2CCNCC2)ccc1OC1CSC1. The summed E-state index contributed by atoms with van der Waals surface area (Å²) in [7, 11) is 0. The quantitative estimate of drug-likeness (QED) is 0.921. The van der Waals surface area contributed by atoms with Crippen molar-refractivity contribution in [2.75, 3.05) is 37.7 Å². The van der Waals surface area contributed by atoms with Crippen molar-refractivity contribution in [2.45, 2.75) is 12.6 Å². The standard InChI is InChI=1S/C14H19ClN2OS/c15-13-7-11(8-17-5-3-16-4-6-17)1-2-14(13)18-12-9-19-10-12/h1-2,7,12,16H,3-6,8-10H2. The summed E-state index contributed by atoms with van der Waals surface area (Å²) in [6.07, 6.45) is 0.349. The molecule has 2 saturated heterocycles. The van der Waals surface area contributed by atoms with Crippen molar-refractivity contribution in [2.24, 2.45) is 0 Å². The van der Waals surface area contributed by atoms with Gasteiger partial charge in [0, 0.05) is 44.2 Å². The Bertz CT molecular complexity index is 433. The maximum atomic E-state index is 6.31. The molecule has 3 nitrogen and oxygen atoms in total. The van der Waals surface area contributed by atoms with Crippen LogP contribution in [0.5, 0.6) is 5.75 Å². The number of halogens is 1. The van der Waals surface area contributed by atoms with Gasteiger partial charge in [0.25, 0.3) is 0 Å². The fourth-order valence-electron chi connectivity index (χ4n) is 2.33. The van der Waals surface area contributed by atoms with Crippen LogP contribution in [0, 0.1) is 0 Å². The second-order valence-corrected chi connectivity index (χ2v) is 6.55. The van der Waals surface area contributed by atoms with Crippen LogP contribution < -0.4 is 10.1 Å². The van der Waals surface area contributed by atoms with E-state index in [0.717, 1.165) is 55.0 Å². The first kappa shape index (κ1) is 13.6.